The molecule has 0 spiro atoms. The number of para-hydroxylation sites is 3. The summed E-state index contributed by atoms with van der Waals surface area (Å²) in [6, 6.07) is 61.0. The Morgan fingerprint density at radius 2 is 1.02 bits per heavy atom. The first-order valence-corrected chi connectivity index (χ1v) is 16.5. The van der Waals surface area contributed by atoms with Crippen molar-refractivity contribution in [1.82, 2.24) is 15.0 Å². The topological polar surface area (TPSA) is 53.9 Å². The molecule has 1 aromatic heterocycles. The molecule has 232 valence electrons. The lowest BCUT2D eigenvalue weighted by Gasteiger charge is -2.27. The zero-order chi connectivity index (χ0) is 32.6. The van der Waals surface area contributed by atoms with Gasteiger partial charge in [-0.3, -0.25) is 0 Å². The largest absolute Gasteiger partial charge is 0.359 e. The van der Waals surface area contributed by atoms with Crippen molar-refractivity contribution in [1.29, 1.82) is 0 Å². The summed E-state index contributed by atoms with van der Waals surface area (Å²) in [6.45, 7) is 0. The molecule has 0 bridgehead atoms. The van der Waals surface area contributed by atoms with Crippen molar-refractivity contribution in [2.45, 2.75) is 6.17 Å². The molecule has 0 saturated carbocycles. The Morgan fingerprint density at radius 1 is 0.449 bits per heavy atom. The number of fused-ring (bicyclic) bond motifs is 2. The van der Waals surface area contributed by atoms with Gasteiger partial charge in [-0.05, 0) is 51.7 Å². The number of hydrogen-bond acceptors (Lipinski definition) is 5. The molecule has 1 unspecified atom stereocenters. The number of rotatable bonds is 6. The minimum atomic E-state index is -0.0460. The summed E-state index contributed by atoms with van der Waals surface area (Å²) in [4.78, 5) is 17.6. The predicted molar refractivity (Wildman–Crippen MR) is 200 cm³/mol. The quantitative estimate of drug-likeness (QED) is 0.198. The molecule has 2 heterocycles. The SMILES string of the molecule is c1ccc(-c2nc(-c3ccccc3)nc(-c3c(-c4ccc(C5Nc6ccccc6N5c5ccccc5)cc4)ccc4ccccc34)n2)cc1. The summed E-state index contributed by atoms with van der Waals surface area (Å²) in [5, 5.41) is 5.99. The van der Waals surface area contributed by atoms with Gasteiger partial charge in [-0.15, -0.1) is 0 Å². The molecule has 5 heteroatoms. The maximum Gasteiger partial charge on any atom is 0.165 e. The van der Waals surface area contributed by atoms with Crippen LogP contribution in [0.25, 0.3) is 56.1 Å². The highest BCUT2D eigenvalue weighted by Gasteiger charge is 2.31. The van der Waals surface area contributed by atoms with Crippen LogP contribution in [-0.2, 0) is 0 Å². The third-order valence-corrected chi connectivity index (χ3v) is 9.14. The van der Waals surface area contributed by atoms with E-state index in [0.717, 1.165) is 55.7 Å². The van der Waals surface area contributed by atoms with E-state index >= 15 is 0 Å². The van der Waals surface area contributed by atoms with Crippen molar-refractivity contribution < 1.29 is 0 Å². The van der Waals surface area contributed by atoms with E-state index in [1.54, 1.807) is 0 Å². The first-order chi connectivity index (χ1) is 24.3. The number of aromatic nitrogens is 3. The number of hydrogen-bond donors (Lipinski definition) is 1. The Hall–Kier alpha value is -6.59. The van der Waals surface area contributed by atoms with Gasteiger partial charge in [0.1, 0.15) is 6.17 Å². The van der Waals surface area contributed by atoms with Crippen molar-refractivity contribution in [2.24, 2.45) is 0 Å². The number of nitrogens with zero attached hydrogens (tertiary/aromatic N) is 4. The smallest absolute Gasteiger partial charge is 0.165 e. The zero-order valence-electron chi connectivity index (χ0n) is 26.6. The summed E-state index contributed by atoms with van der Waals surface area (Å²) < 4.78 is 0. The van der Waals surface area contributed by atoms with Gasteiger partial charge in [0.15, 0.2) is 17.5 Å². The predicted octanol–water partition coefficient (Wildman–Crippen LogP) is 11.0. The molecule has 1 N–H and O–H groups in total. The van der Waals surface area contributed by atoms with Crippen molar-refractivity contribution in [2.75, 3.05) is 10.2 Å². The van der Waals surface area contributed by atoms with Crippen LogP contribution in [-0.4, -0.2) is 15.0 Å². The molecule has 0 fully saturated rings. The molecule has 0 saturated heterocycles. The van der Waals surface area contributed by atoms with Gasteiger partial charge in [-0.1, -0.05) is 152 Å². The van der Waals surface area contributed by atoms with Crippen LogP contribution >= 0.6 is 0 Å². The highest BCUT2D eigenvalue weighted by molar-refractivity contribution is 6.03. The molecule has 1 atom stereocenters. The Kier molecular flexibility index (Phi) is 7.13. The van der Waals surface area contributed by atoms with Crippen LogP contribution in [0.1, 0.15) is 11.7 Å². The maximum absolute atomic E-state index is 5.14. The van der Waals surface area contributed by atoms with Crippen LogP contribution in [0.4, 0.5) is 17.1 Å². The van der Waals surface area contributed by atoms with Crippen LogP contribution in [0.15, 0.2) is 176 Å². The average Bonchev–Trinajstić information content (AvgIpc) is 3.58. The Bertz CT molecular complexity index is 2350. The summed E-state index contributed by atoms with van der Waals surface area (Å²) in [5.74, 6) is 1.94. The molecule has 0 radical (unpaired) electrons. The fraction of sp³-hybridized carbons (Fsp3) is 0.0227. The van der Waals surface area contributed by atoms with Gasteiger partial charge in [-0.2, -0.15) is 0 Å². The van der Waals surface area contributed by atoms with Gasteiger partial charge in [0.05, 0.1) is 11.4 Å². The second kappa shape index (κ2) is 12.2. The van der Waals surface area contributed by atoms with E-state index in [0.29, 0.717) is 17.5 Å². The number of nitrogens with one attached hydrogen (secondary N) is 1. The number of anilines is 3. The summed E-state index contributed by atoms with van der Waals surface area (Å²) in [5.41, 5.74) is 9.64. The number of benzene rings is 7. The molecule has 1 aliphatic rings. The van der Waals surface area contributed by atoms with E-state index in [2.05, 4.69) is 125 Å². The monoisotopic (exact) mass is 629 g/mol. The molecule has 0 aliphatic carbocycles. The fourth-order valence-electron chi connectivity index (χ4n) is 6.78. The van der Waals surface area contributed by atoms with E-state index in [-0.39, 0.29) is 6.17 Å². The molecule has 7 aromatic carbocycles. The molecular weight excluding hydrogens is 599 g/mol. The fourth-order valence-corrected chi connectivity index (χ4v) is 6.78. The second-order valence-electron chi connectivity index (χ2n) is 12.1. The van der Waals surface area contributed by atoms with Crippen LogP contribution in [0.3, 0.4) is 0 Å². The summed E-state index contributed by atoms with van der Waals surface area (Å²) >= 11 is 0. The lowest BCUT2D eigenvalue weighted by atomic mass is 9.92. The third-order valence-electron chi connectivity index (χ3n) is 9.14. The van der Waals surface area contributed by atoms with Crippen LogP contribution < -0.4 is 10.2 Å². The zero-order valence-corrected chi connectivity index (χ0v) is 26.6. The molecule has 0 amide bonds. The first-order valence-electron chi connectivity index (χ1n) is 16.5. The molecule has 8 aromatic rings. The maximum atomic E-state index is 5.14. The van der Waals surface area contributed by atoms with Crippen LogP contribution in [0, 0.1) is 0 Å². The summed E-state index contributed by atoms with van der Waals surface area (Å²) in [6.07, 6.45) is -0.0460. The molecular formula is C44H31N5. The van der Waals surface area contributed by atoms with Crippen LogP contribution in [0.2, 0.25) is 0 Å². The third kappa shape index (κ3) is 5.28. The van der Waals surface area contributed by atoms with E-state index < -0.39 is 0 Å². The van der Waals surface area contributed by atoms with Gasteiger partial charge in [0, 0.05) is 22.4 Å². The van der Waals surface area contributed by atoms with Gasteiger partial charge >= 0.3 is 0 Å². The minimum absolute atomic E-state index is 0.0460. The summed E-state index contributed by atoms with van der Waals surface area (Å²) in [7, 11) is 0. The minimum Gasteiger partial charge on any atom is -0.359 e. The van der Waals surface area contributed by atoms with Gasteiger partial charge < -0.3 is 10.2 Å². The highest BCUT2D eigenvalue weighted by atomic mass is 15.3. The van der Waals surface area contributed by atoms with Crippen molar-refractivity contribution >= 4 is 27.8 Å². The normalized spacial score (nSPS) is 13.6. The van der Waals surface area contributed by atoms with E-state index in [1.807, 2.05) is 60.7 Å². The van der Waals surface area contributed by atoms with Crippen molar-refractivity contribution in [3.63, 3.8) is 0 Å². The Labute approximate surface area is 285 Å². The van der Waals surface area contributed by atoms with Gasteiger partial charge in [0.2, 0.25) is 0 Å². The Morgan fingerprint density at radius 3 is 1.71 bits per heavy atom. The van der Waals surface area contributed by atoms with Gasteiger partial charge in [-0.25, -0.2) is 15.0 Å². The van der Waals surface area contributed by atoms with E-state index in [4.69, 9.17) is 15.0 Å². The van der Waals surface area contributed by atoms with Gasteiger partial charge in [0.25, 0.3) is 0 Å². The van der Waals surface area contributed by atoms with E-state index in [1.165, 1.54) is 5.56 Å². The Balaban J connectivity index is 1.19. The highest BCUT2D eigenvalue weighted by Crippen LogP contribution is 2.46. The second-order valence-corrected chi connectivity index (χ2v) is 12.1. The molecule has 1 aliphatic heterocycles. The average molecular weight is 630 g/mol. The van der Waals surface area contributed by atoms with Crippen molar-refractivity contribution in [3.05, 3.63) is 181 Å². The lowest BCUT2D eigenvalue weighted by molar-refractivity contribution is 0.828. The lowest BCUT2D eigenvalue weighted by Crippen LogP contribution is -2.23. The standard InChI is InChI=1S/C44H31N5/c1-4-15-32(16-5-1)41-46-42(33-17-6-2-7-18-33)48-43(47-41)40-36-21-11-10-14-30(36)28-29-37(40)31-24-26-34(27-25-31)44-45-38-22-12-13-23-39(38)49(44)35-19-8-3-9-20-35/h1-29,44-45H. The molecule has 5 nitrogen and oxygen atoms in total. The van der Waals surface area contributed by atoms with Crippen molar-refractivity contribution in [3.8, 4) is 45.3 Å². The molecule has 49 heavy (non-hydrogen) atoms. The van der Waals surface area contributed by atoms with E-state index in [9.17, 15) is 0 Å². The first kappa shape index (κ1) is 28.6. The molecule has 9 rings (SSSR count). The van der Waals surface area contributed by atoms with Crippen LogP contribution in [0.5, 0.6) is 0 Å².